The zero-order valence-corrected chi connectivity index (χ0v) is 15.9. The minimum absolute atomic E-state index is 0.153. The summed E-state index contributed by atoms with van der Waals surface area (Å²) in [6, 6.07) is 9.83. The highest BCUT2D eigenvalue weighted by Gasteiger charge is 2.18. The molecule has 0 aliphatic carbocycles. The molecular weight excluding hydrogens is 336 g/mol. The lowest BCUT2D eigenvalue weighted by Gasteiger charge is -2.26. The SMILES string of the molecule is O=C(c1ccc(-c2ccnc(N3CCCCC3)n2)cc1)N1CCCCCC1. The Hall–Kier alpha value is -2.43. The Morgan fingerprint density at radius 1 is 0.778 bits per heavy atom. The molecule has 4 rings (SSSR count). The van der Waals surface area contributed by atoms with E-state index in [1.807, 2.05) is 41.4 Å². The Balaban J connectivity index is 1.49. The molecule has 5 heteroatoms. The molecule has 0 unspecified atom stereocenters. The Morgan fingerprint density at radius 3 is 2.11 bits per heavy atom. The van der Waals surface area contributed by atoms with Gasteiger partial charge in [-0.2, -0.15) is 0 Å². The van der Waals surface area contributed by atoms with Gasteiger partial charge >= 0.3 is 0 Å². The molecule has 2 aromatic rings. The van der Waals surface area contributed by atoms with Crippen molar-refractivity contribution in [1.29, 1.82) is 0 Å². The predicted molar refractivity (Wildman–Crippen MR) is 108 cm³/mol. The van der Waals surface area contributed by atoms with Crippen LogP contribution in [0.3, 0.4) is 0 Å². The highest BCUT2D eigenvalue weighted by atomic mass is 16.2. The van der Waals surface area contributed by atoms with Crippen LogP contribution >= 0.6 is 0 Å². The van der Waals surface area contributed by atoms with Crippen LogP contribution in [0.25, 0.3) is 11.3 Å². The molecule has 1 aromatic heterocycles. The van der Waals surface area contributed by atoms with Gasteiger partial charge in [0.25, 0.3) is 5.91 Å². The summed E-state index contributed by atoms with van der Waals surface area (Å²) in [5, 5.41) is 0. The smallest absolute Gasteiger partial charge is 0.253 e. The van der Waals surface area contributed by atoms with Crippen LogP contribution in [0.4, 0.5) is 5.95 Å². The van der Waals surface area contributed by atoms with Crippen LogP contribution in [0.2, 0.25) is 0 Å². The Morgan fingerprint density at radius 2 is 1.41 bits per heavy atom. The van der Waals surface area contributed by atoms with Gasteiger partial charge in [-0.05, 0) is 50.3 Å². The number of amides is 1. The molecule has 0 N–H and O–H groups in total. The van der Waals surface area contributed by atoms with Gasteiger partial charge in [0.05, 0.1) is 5.69 Å². The number of rotatable bonds is 3. The second kappa shape index (κ2) is 8.51. The fourth-order valence-corrected chi connectivity index (χ4v) is 4.00. The first-order valence-corrected chi connectivity index (χ1v) is 10.3. The molecule has 142 valence electrons. The lowest BCUT2D eigenvalue weighted by molar-refractivity contribution is 0.0761. The Kier molecular flexibility index (Phi) is 5.66. The van der Waals surface area contributed by atoms with Crippen LogP contribution in [0.15, 0.2) is 36.5 Å². The van der Waals surface area contributed by atoms with Gasteiger partial charge in [0, 0.05) is 43.5 Å². The lowest BCUT2D eigenvalue weighted by atomic mass is 10.1. The number of hydrogen-bond acceptors (Lipinski definition) is 4. The summed E-state index contributed by atoms with van der Waals surface area (Å²) in [6.45, 7) is 3.83. The number of anilines is 1. The van der Waals surface area contributed by atoms with Crippen molar-refractivity contribution in [2.45, 2.75) is 44.9 Å². The van der Waals surface area contributed by atoms with E-state index in [9.17, 15) is 4.79 Å². The van der Waals surface area contributed by atoms with Crippen molar-refractivity contribution in [1.82, 2.24) is 14.9 Å². The van der Waals surface area contributed by atoms with Crippen molar-refractivity contribution in [3.05, 3.63) is 42.1 Å². The molecule has 1 aromatic carbocycles. The maximum Gasteiger partial charge on any atom is 0.253 e. The number of nitrogens with zero attached hydrogens (tertiary/aromatic N) is 4. The van der Waals surface area contributed by atoms with Crippen LogP contribution < -0.4 is 4.90 Å². The number of benzene rings is 1. The van der Waals surface area contributed by atoms with E-state index >= 15 is 0 Å². The van der Waals surface area contributed by atoms with Crippen LogP contribution in [-0.2, 0) is 0 Å². The summed E-state index contributed by atoms with van der Waals surface area (Å²) in [5.74, 6) is 0.970. The molecule has 2 aliphatic rings. The fourth-order valence-electron chi connectivity index (χ4n) is 4.00. The van der Waals surface area contributed by atoms with E-state index in [0.29, 0.717) is 0 Å². The van der Waals surface area contributed by atoms with Crippen molar-refractivity contribution < 1.29 is 4.79 Å². The van der Waals surface area contributed by atoms with Crippen LogP contribution in [0, 0.1) is 0 Å². The standard InChI is InChI=1S/C22H28N4O/c27-21(25-14-4-1-2-5-15-25)19-10-8-18(9-11-19)20-12-13-23-22(24-20)26-16-6-3-7-17-26/h8-13H,1-7,14-17H2. The number of carbonyl (C=O) groups is 1. The van der Waals surface area contributed by atoms with Crippen LogP contribution in [-0.4, -0.2) is 47.0 Å². The van der Waals surface area contributed by atoms with E-state index < -0.39 is 0 Å². The van der Waals surface area contributed by atoms with Gasteiger partial charge in [-0.3, -0.25) is 4.79 Å². The third-order valence-electron chi connectivity index (χ3n) is 5.60. The maximum atomic E-state index is 12.8. The molecule has 2 fully saturated rings. The summed E-state index contributed by atoms with van der Waals surface area (Å²) in [4.78, 5) is 26.2. The van der Waals surface area contributed by atoms with Gasteiger partial charge in [0.15, 0.2) is 0 Å². The van der Waals surface area contributed by atoms with Crippen molar-refractivity contribution in [3.8, 4) is 11.3 Å². The van der Waals surface area contributed by atoms with Gasteiger partial charge in [-0.25, -0.2) is 9.97 Å². The van der Waals surface area contributed by atoms with E-state index in [4.69, 9.17) is 4.98 Å². The second-order valence-corrected chi connectivity index (χ2v) is 7.57. The first-order chi connectivity index (χ1) is 13.3. The molecule has 1 amide bonds. The minimum atomic E-state index is 0.153. The van der Waals surface area contributed by atoms with Crippen molar-refractivity contribution in [3.63, 3.8) is 0 Å². The predicted octanol–water partition coefficient (Wildman–Crippen LogP) is 4.15. The number of hydrogen-bond donors (Lipinski definition) is 0. The normalized spacial score (nSPS) is 18.2. The zero-order valence-electron chi connectivity index (χ0n) is 15.9. The third-order valence-corrected chi connectivity index (χ3v) is 5.60. The van der Waals surface area contributed by atoms with Crippen LogP contribution in [0.1, 0.15) is 55.3 Å². The molecule has 0 atom stereocenters. The second-order valence-electron chi connectivity index (χ2n) is 7.57. The quantitative estimate of drug-likeness (QED) is 0.821. The summed E-state index contributed by atoms with van der Waals surface area (Å²) < 4.78 is 0. The van der Waals surface area contributed by atoms with Crippen LogP contribution in [0.5, 0.6) is 0 Å². The van der Waals surface area contributed by atoms with E-state index in [1.54, 1.807) is 0 Å². The summed E-state index contributed by atoms with van der Waals surface area (Å²) >= 11 is 0. The fraction of sp³-hybridized carbons (Fsp3) is 0.500. The topological polar surface area (TPSA) is 49.3 Å². The number of carbonyl (C=O) groups excluding carboxylic acids is 1. The Labute approximate surface area is 161 Å². The van der Waals surface area contributed by atoms with E-state index in [0.717, 1.165) is 61.8 Å². The summed E-state index contributed by atoms with van der Waals surface area (Å²) in [7, 11) is 0. The van der Waals surface area contributed by atoms with Crippen molar-refractivity contribution in [2.24, 2.45) is 0 Å². The summed E-state index contributed by atoms with van der Waals surface area (Å²) in [6.07, 6.45) is 10.2. The number of aromatic nitrogens is 2. The van der Waals surface area contributed by atoms with Gasteiger partial charge in [0.1, 0.15) is 0 Å². The zero-order chi connectivity index (χ0) is 18.5. The Bertz CT molecular complexity index is 760. The highest BCUT2D eigenvalue weighted by molar-refractivity contribution is 5.94. The number of likely N-dealkylation sites (tertiary alicyclic amines) is 1. The number of piperidine rings is 1. The molecular formula is C22H28N4O. The van der Waals surface area contributed by atoms with E-state index in [2.05, 4.69) is 9.88 Å². The van der Waals surface area contributed by atoms with Crippen molar-refractivity contribution in [2.75, 3.05) is 31.1 Å². The highest BCUT2D eigenvalue weighted by Crippen LogP contribution is 2.22. The molecule has 2 saturated heterocycles. The molecule has 0 radical (unpaired) electrons. The lowest BCUT2D eigenvalue weighted by Crippen LogP contribution is -2.31. The first-order valence-electron chi connectivity index (χ1n) is 10.3. The maximum absolute atomic E-state index is 12.8. The molecule has 5 nitrogen and oxygen atoms in total. The van der Waals surface area contributed by atoms with E-state index in [-0.39, 0.29) is 5.91 Å². The molecule has 2 aliphatic heterocycles. The molecule has 0 saturated carbocycles. The van der Waals surface area contributed by atoms with Gasteiger partial charge in [0.2, 0.25) is 5.95 Å². The minimum Gasteiger partial charge on any atom is -0.341 e. The van der Waals surface area contributed by atoms with Crippen molar-refractivity contribution >= 4 is 11.9 Å². The average Bonchev–Trinajstić information content (AvgIpc) is 3.04. The molecule has 3 heterocycles. The average molecular weight is 364 g/mol. The third kappa shape index (κ3) is 4.29. The molecule has 0 spiro atoms. The van der Waals surface area contributed by atoms with E-state index in [1.165, 1.54) is 32.1 Å². The van der Waals surface area contributed by atoms with Gasteiger partial charge in [-0.1, -0.05) is 25.0 Å². The monoisotopic (exact) mass is 364 g/mol. The van der Waals surface area contributed by atoms with Gasteiger partial charge < -0.3 is 9.80 Å². The molecule has 0 bridgehead atoms. The summed E-state index contributed by atoms with van der Waals surface area (Å²) in [5.41, 5.74) is 2.72. The largest absolute Gasteiger partial charge is 0.341 e. The first kappa shape index (κ1) is 18.0. The molecule has 27 heavy (non-hydrogen) atoms. The van der Waals surface area contributed by atoms with Gasteiger partial charge in [-0.15, -0.1) is 0 Å².